The van der Waals surface area contributed by atoms with Crippen LogP contribution in [0.2, 0.25) is 15.1 Å². The summed E-state index contributed by atoms with van der Waals surface area (Å²) in [5.74, 6) is 0.192. The number of methoxy groups -OCH3 is 1. The smallest absolute Gasteiger partial charge is 0.282 e. The number of ether oxygens (including phenoxy) is 1. The molecule has 0 aromatic heterocycles. The van der Waals surface area contributed by atoms with Gasteiger partial charge in [-0.15, -0.1) is 0 Å². The van der Waals surface area contributed by atoms with Crippen LogP contribution in [-0.4, -0.2) is 38.6 Å². The second-order valence-electron chi connectivity index (χ2n) is 6.26. The summed E-state index contributed by atoms with van der Waals surface area (Å²) in [5, 5.41) is 6.37. The Kier molecular flexibility index (Phi) is 7.95. The van der Waals surface area contributed by atoms with Gasteiger partial charge < -0.3 is 20.3 Å². The maximum atomic E-state index is 12.5. The third-order valence-electron chi connectivity index (χ3n) is 4.21. The van der Waals surface area contributed by atoms with Crippen molar-refractivity contribution in [3.05, 3.63) is 51.5 Å². The van der Waals surface area contributed by atoms with Gasteiger partial charge in [-0.25, -0.2) is 0 Å². The average molecular weight is 446 g/mol. The molecule has 0 heterocycles. The summed E-state index contributed by atoms with van der Waals surface area (Å²) in [6, 6.07) is 9.44. The normalized spacial score (nSPS) is 12.8. The van der Waals surface area contributed by atoms with Crippen LogP contribution in [-0.2, 0) is 9.59 Å². The molecule has 0 spiro atoms. The van der Waals surface area contributed by atoms with E-state index in [2.05, 4.69) is 10.6 Å². The van der Waals surface area contributed by atoms with E-state index in [4.69, 9.17) is 39.5 Å². The summed E-state index contributed by atoms with van der Waals surface area (Å²) in [7, 11) is 3.33. The van der Waals surface area contributed by atoms with Crippen LogP contribution in [0.1, 0.15) is 6.92 Å². The van der Waals surface area contributed by atoms with Crippen molar-refractivity contribution in [2.75, 3.05) is 31.3 Å². The molecule has 150 valence electrons. The second kappa shape index (κ2) is 9.98. The van der Waals surface area contributed by atoms with E-state index in [1.807, 2.05) is 0 Å². The number of quaternary nitrogens is 1. The fourth-order valence-electron chi connectivity index (χ4n) is 2.37. The SMILES string of the molecule is COc1ccc(NC(=O)C[NH+](C)[C@@H](C)C(=O)Nc2cc(Cl)c(Cl)cc2Cl)cc1. The third-order valence-corrected chi connectivity index (χ3v) is 5.25. The zero-order valence-corrected chi connectivity index (χ0v) is 17.9. The highest BCUT2D eigenvalue weighted by Gasteiger charge is 2.25. The van der Waals surface area contributed by atoms with Gasteiger partial charge in [0, 0.05) is 5.69 Å². The van der Waals surface area contributed by atoms with Crippen molar-refractivity contribution in [2.24, 2.45) is 0 Å². The Morgan fingerprint density at radius 1 is 1.04 bits per heavy atom. The molecule has 2 aromatic carbocycles. The monoisotopic (exact) mass is 444 g/mol. The lowest BCUT2D eigenvalue weighted by molar-refractivity contribution is -0.885. The first-order chi connectivity index (χ1) is 13.2. The number of anilines is 2. The van der Waals surface area contributed by atoms with Crippen LogP contribution in [0.3, 0.4) is 0 Å². The molecule has 0 aliphatic rings. The number of hydrogen-bond acceptors (Lipinski definition) is 3. The number of nitrogens with one attached hydrogen (secondary N) is 3. The summed E-state index contributed by atoms with van der Waals surface area (Å²) < 4.78 is 5.08. The van der Waals surface area contributed by atoms with E-state index in [0.717, 1.165) is 0 Å². The van der Waals surface area contributed by atoms with E-state index in [0.29, 0.717) is 27.0 Å². The number of benzene rings is 2. The van der Waals surface area contributed by atoms with E-state index in [9.17, 15) is 9.59 Å². The number of rotatable bonds is 7. The van der Waals surface area contributed by atoms with Crippen molar-refractivity contribution in [3.8, 4) is 5.75 Å². The van der Waals surface area contributed by atoms with Crippen molar-refractivity contribution in [1.82, 2.24) is 0 Å². The first kappa shape index (κ1) is 22.3. The highest BCUT2D eigenvalue weighted by Crippen LogP contribution is 2.32. The molecule has 0 saturated heterocycles. The summed E-state index contributed by atoms with van der Waals surface area (Å²) >= 11 is 17.9. The van der Waals surface area contributed by atoms with Crippen molar-refractivity contribution in [2.45, 2.75) is 13.0 Å². The molecular weight excluding hydrogens is 425 g/mol. The fraction of sp³-hybridized carbons (Fsp3) is 0.263. The quantitative estimate of drug-likeness (QED) is 0.573. The molecule has 1 unspecified atom stereocenters. The van der Waals surface area contributed by atoms with Gasteiger partial charge in [0.25, 0.3) is 11.8 Å². The Hall–Kier alpha value is -1.99. The van der Waals surface area contributed by atoms with Gasteiger partial charge in [-0.1, -0.05) is 34.8 Å². The van der Waals surface area contributed by atoms with Gasteiger partial charge >= 0.3 is 0 Å². The highest BCUT2D eigenvalue weighted by atomic mass is 35.5. The molecule has 28 heavy (non-hydrogen) atoms. The minimum absolute atomic E-state index is 0.107. The first-order valence-electron chi connectivity index (χ1n) is 8.43. The lowest BCUT2D eigenvalue weighted by atomic mass is 10.2. The molecule has 3 N–H and O–H groups in total. The van der Waals surface area contributed by atoms with E-state index in [1.54, 1.807) is 45.3 Å². The number of amides is 2. The topological polar surface area (TPSA) is 71.9 Å². The van der Waals surface area contributed by atoms with Gasteiger partial charge in [0.2, 0.25) is 0 Å². The van der Waals surface area contributed by atoms with Gasteiger partial charge in [-0.2, -0.15) is 0 Å². The van der Waals surface area contributed by atoms with Gasteiger partial charge in [0.15, 0.2) is 12.6 Å². The molecular formula is C19H21Cl3N3O3+. The molecule has 2 aromatic rings. The largest absolute Gasteiger partial charge is 0.497 e. The Balaban J connectivity index is 1.93. The average Bonchev–Trinajstić information content (AvgIpc) is 2.65. The molecule has 0 radical (unpaired) electrons. The lowest BCUT2D eigenvalue weighted by Gasteiger charge is -2.21. The van der Waals surface area contributed by atoms with E-state index < -0.39 is 6.04 Å². The Bertz CT molecular complexity index is 859. The molecule has 6 nitrogen and oxygen atoms in total. The van der Waals surface area contributed by atoms with Crippen LogP contribution in [0.15, 0.2) is 36.4 Å². The minimum atomic E-state index is -0.507. The summed E-state index contributed by atoms with van der Waals surface area (Å²) in [6.45, 7) is 1.83. The predicted molar refractivity (Wildman–Crippen MR) is 113 cm³/mol. The number of likely N-dealkylation sites (N-methyl/N-ethyl adjacent to an activating group) is 1. The number of halogens is 3. The Labute approximate surface area is 178 Å². The van der Waals surface area contributed by atoms with E-state index in [-0.39, 0.29) is 28.4 Å². The predicted octanol–water partition coefficient (Wildman–Crippen LogP) is 3.14. The molecule has 0 aliphatic heterocycles. The van der Waals surface area contributed by atoms with Crippen LogP contribution in [0.5, 0.6) is 5.75 Å². The molecule has 2 rings (SSSR count). The standard InChI is InChI=1S/C19H20Cl3N3O3/c1-11(19(27)24-17-9-15(21)14(20)8-16(17)22)25(2)10-18(26)23-12-4-6-13(28-3)7-5-12/h4-9,11H,10H2,1-3H3,(H,23,26)(H,24,27)/p+1/t11-/m0/s1. The van der Waals surface area contributed by atoms with Crippen LogP contribution >= 0.6 is 34.8 Å². The second-order valence-corrected chi connectivity index (χ2v) is 7.48. The summed E-state index contributed by atoms with van der Waals surface area (Å²) in [4.78, 5) is 25.5. The van der Waals surface area contributed by atoms with Crippen molar-refractivity contribution in [1.29, 1.82) is 0 Å². The number of carbonyl (C=O) groups is 2. The van der Waals surface area contributed by atoms with Crippen LogP contribution < -0.4 is 20.3 Å². The van der Waals surface area contributed by atoms with E-state index in [1.165, 1.54) is 12.1 Å². The van der Waals surface area contributed by atoms with Crippen LogP contribution in [0, 0.1) is 0 Å². The minimum Gasteiger partial charge on any atom is -0.497 e. The Morgan fingerprint density at radius 3 is 2.25 bits per heavy atom. The van der Waals surface area contributed by atoms with Gasteiger partial charge in [0.05, 0.1) is 34.9 Å². The van der Waals surface area contributed by atoms with Crippen molar-refractivity contribution >= 4 is 58.0 Å². The van der Waals surface area contributed by atoms with Crippen LogP contribution in [0.4, 0.5) is 11.4 Å². The summed E-state index contributed by atoms with van der Waals surface area (Å²) in [5.41, 5.74) is 1.02. The molecule has 2 atom stereocenters. The third kappa shape index (κ3) is 6.01. The van der Waals surface area contributed by atoms with Crippen LogP contribution in [0.25, 0.3) is 0 Å². The number of hydrogen-bond donors (Lipinski definition) is 3. The molecule has 2 amide bonds. The Morgan fingerprint density at radius 2 is 1.64 bits per heavy atom. The van der Waals surface area contributed by atoms with Gasteiger partial charge in [0.1, 0.15) is 5.75 Å². The maximum absolute atomic E-state index is 12.5. The molecule has 0 bridgehead atoms. The number of carbonyl (C=O) groups excluding carboxylic acids is 2. The highest BCUT2D eigenvalue weighted by molar-refractivity contribution is 6.44. The van der Waals surface area contributed by atoms with Crippen molar-refractivity contribution < 1.29 is 19.2 Å². The zero-order chi connectivity index (χ0) is 20.8. The first-order valence-corrected chi connectivity index (χ1v) is 9.56. The lowest BCUT2D eigenvalue weighted by Crippen LogP contribution is -3.14. The zero-order valence-electron chi connectivity index (χ0n) is 15.6. The fourth-order valence-corrected chi connectivity index (χ4v) is 2.96. The molecule has 0 aliphatic carbocycles. The maximum Gasteiger partial charge on any atom is 0.282 e. The van der Waals surface area contributed by atoms with Gasteiger partial charge in [-0.3, -0.25) is 9.59 Å². The van der Waals surface area contributed by atoms with E-state index >= 15 is 0 Å². The summed E-state index contributed by atoms with van der Waals surface area (Å²) in [6.07, 6.45) is 0. The molecule has 0 saturated carbocycles. The molecule has 9 heteroatoms. The molecule has 0 fully saturated rings. The van der Waals surface area contributed by atoms with Gasteiger partial charge in [-0.05, 0) is 43.3 Å². The van der Waals surface area contributed by atoms with Crippen molar-refractivity contribution in [3.63, 3.8) is 0 Å².